The largest absolute Gasteiger partial charge is 0.396 e. The molecule has 6 heteroatoms. The molecule has 2 aliphatic rings. The van der Waals surface area contributed by atoms with Crippen LogP contribution in [-0.2, 0) is 6.54 Å². The van der Waals surface area contributed by atoms with Gasteiger partial charge in [0.1, 0.15) is 11.0 Å². The quantitative estimate of drug-likeness (QED) is 0.856. The van der Waals surface area contributed by atoms with Gasteiger partial charge in [0, 0.05) is 45.4 Å². The van der Waals surface area contributed by atoms with Crippen molar-refractivity contribution in [3.63, 3.8) is 0 Å². The van der Waals surface area contributed by atoms with E-state index in [0.29, 0.717) is 6.04 Å². The summed E-state index contributed by atoms with van der Waals surface area (Å²) in [6.07, 6.45) is 7.82. The fourth-order valence-corrected chi connectivity index (χ4v) is 4.70. The van der Waals surface area contributed by atoms with Gasteiger partial charge in [-0.2, -0.15) is 0 Å². The Hall–Kier alpha value is -1.50. The topological polar surface area (TPSA) is 65.6 Å². The molecule has 1 aromatic carbocycles. The Kier molecular flexibility index (Phi) is 5.82. The molecule has 1 N–H and O–H groups in total. The van der Waals surface area contributed by atoms with Gasteiger partial charge in [0.25, 0.3) is 0 Å². The third kappa shape index (κ3) is 4.08. The Morgan fingerprint density at radius 2 is 2.00 bits per heavy atom. The zero-order valence-corrected chi connectivity index (χ0v) is 15.5. The third-order valence-corrected chi connectivity index (χ3v) is 6.13. The van der Waals surface area contributed by atoms with E-state index in [-0.39, 0.29) is 6.61 Å². The van der Waals surface area contributed by atoms with Crippen molar-refractivity contribution in [3.8, 4) is 0 Å². The number of hydrogen-bond acceptors (Lipinski definition) is 6. The summed E-state index contributed by atoms with van der Waals surface area (Å²) in [7, 11) is 0. The molecule has 4 rings (SSSR count). The van der Waals surface area contributed by atoms with E-state index in [0.717, 1.165) is 49.6 Å². The molecule has 1 aromatic heterocycles. The summed E-state index contributed by atoms with van der Waals surface area (Å²) >= 11 is 0. The standard InChI is InChI=1S/C20H30N4O2/c25-12-9-18-15-23(10-11-24(18)13-16-5-2-1-3-6-16)14-17-7-4-8-19-20(17)22-26-21-19/h4,7-8,16,18,25H,1-3,5-6,9-15H2/t18-/m0/s1. The zero-order valence-electron chi connectivity index (χ0n) is 15.5. The molecule has 2 heterocycles. The first kappa shape index (κ1) is 17.9. The highest BCUT2D eigenvalue weighted by Gasteiger charge is 2.29. The van der Waals surface area contributed by atoms with Gasteiger partial charge in [-0.1, -0.05) is 31.4 Å². The Morgan fingerprint density at radius 1 is 1.12 bits per heavy atom. The van der Waals surface area contributed by atoms with Gasteiger partial charge in [-0.15, -0.1) is 0 Å². The lowest BCUT2D eigenvalue weighted by Crippen LogP contribution is -2.54. The van der Waals surface area contributed by atoms with Crippen molar-refractivity contribution in [1.29, 1.82) is 0 Å². The normalized spacial score (nSPS) is 23.7. The highest BCUT2D eigenvalue weighted by molar-refractivity contribution is 5.76. The molecule has 1 atom stereocenters. The zero-order chi connectivity index (χ0) is 17.8. The molecule has 0 unspecified atom stereocenters. The molecule has 0 bridgehead atoms. The third-order valence-electron chi connectivity index (χ3n) is 6.13. The van der Waals surface area contributed by atoms with E-state index < -0.39 is 0 Å². The van der Waals surface area contributed by atoms with Crippen molar-refractivity contribution in [2.45, 2.75) is 51.1 Å². The molecular formula is C20H30N4O2. The van der Waals surface area contributed by atoms with Crippen LogP contribution < -0.4 is 0 Å². The van der Waals surface area contributed by atoms with Crippen LogP contribution in [0.1, 0.15) is 44.1 Å². The van der Waals surface area contributed by atoms with Crippen molar-refractivity contribution >= 4 is 11.0 Å². The summed E-state index contributed by atoms with van der Waals surface area (Å²) in [5.41, 5.74) is 2.87. The number of benzene rings is 1. The Balaban J connectivity index is 1.39. The van der Waals surface area contributed by atoms with Gasteiger partial charge in [-0.05, 0) is 47.1 Å². The number of rotatable bonds is 6. The van der Waals surface area contributed by atoms with E-state index in [4.69, 9.17) is 4.63 Å². The molecule has 2 aromatic rings. The van der Waals surface area contributed by atoms with Gasteiger partial charge in [0.2, 0.25) is 0 Å². The highest BCUT2D eigenvalue weighted by atomic mass is 16.6. The van der Waals surface area contributed by atoms with Gasteiger partial charge < -0.3 is 5.11 Å². The van der Waals surface area contributed by atoms with Crippen molar-refractivity contribution in [2.24, 2.45) is 5.92 Å². The number of hydrogen-bond donors (Lipinski definition) is 1. The van der Waals surface area contributed by atoms with Crippen molar-refractivity contribution in [3.05, 3.63) is 23.8 Å². The number of nitrogens with zero attached hydrogens (tertiary/aromatic N) is 4. The van der Waals surface area contributed by atoms with E-state index in [1.54, 1.807) is 0 Å². The van der Waals surface area contributed by atoms with Gasteiger partial charge in [0.15, 0.2) is 0 Å². The molecule has 26 heavy (non-hydrogen) atoms. The molecule has 1 saturated carbocycles. The molecule has 1 saturated heterocycles. The number of aliphatic hydroxyl groups excluding tert-OH is 1. The summed E-state index contributed by atoms with van der Waals surface area (Å²) in [6.45, 7) is 5.51. The molecule has 0 spiro atoms. The van der Waals surface area contributed by atoms with Crippen LogP contribution in [0, 0.1) is 5.92 Å². The number of aromatic nitrogens is 2. The van der Waals surface area contributed by atoms with Crippen LogP contribution in [0.15, 0.2) is 22.8 Å². The smallest absolute Gasteiger partial charge is 0.139 e. The predicted molar refractivity (Wildman–Crippen MR) is 101 cm³/mol. The maximum Gasteiger partial charge on any atom is 0.139 e. The average molecular weight is 358 g/mol. The predicted octanol–water partition coefficient (Wildman–Crippen LogP) is 2.67. The van der Waals surface area contributed by atoms with Crippen LogP contribution in [-0.4, -0.2) is 64.0 Å². The van der Waals surface area contributed by atoms with Crippen LogP contribution in [0.3, 0.4) is 0 Å². The first-order valence-corrected chi connectivity index (χ1v) is 10.1. The Labute approximate surface area is 155 Å². The second-order valence-electron chi connectivity index (χ2n) is 7.95. The summed E-state index contributed by atoms with van der Waals surface area (Å²) in [4.78, 5) is 5.13. The Bertz CT molecular complexity index is 698. The fraction of sp³-hybridized carbons (Fsp3) is 0.700. The van der Waals surface area contributed by atoms with Crippen LogP contribution in [0.4, 0.5) is 0 Å². The van der Waals surface area contributed by atoms with Gasteiger partial charge in [0.05, 0.1) is 0 Å². The summed E-state index contributed by atoms with van der Waals surface area (Å²) < 4.78 is 4.90. The van der Waals surface area contributed by atoms with Gasteiger partial charge in [-0.3, -0.25) is 9.80 Å². The summed E-state index contributed by atoms with van der Waals surface area (Å²) in [5, 5.41) is 17.6. The van der Waals surface area contributed by atoms with Crippen LogP contribution in [0.2, 0.25) is 0 Å². The molecular weight excluding hydrogens is 328 g/mol. The van der Waals surface area contributed by atoms with Crippen molar-refractivity contribution in [2.75, 3.05) is 32.8 Å². The van der Waals surface area contributed by atoms with Crippen LogP contribution >= 0.6 is 0 Å². The molecule has 0 amide bonds. The maximum atomic E-state index is 9.56. The number of aliphatic hydroxyl groups is 1. The lowest BCUT2D eigenvalue weighted by atomic mass is 9.88. The van der Waals surface area contributed by atoms with E-state index in [2.05, 4.69) is 26.2 Å². The molecule has 1 aliphatic heterocycles. The molecule has 6 nitrogen and oxygen atoms in total. The lowest BCUT2D eigenvalue weighted by molar-refractivity contribution is 0.0402. The second kappa shape index (κ2) is 8.46. The van der Waals surface area contributed by atoms with Crippen molar-refractivity contribution < 1.29 is 9.74 Å². The first-order valence-electron chi connectivity index (χ1n) is 10.1. The summed E-state index contributed by atoms with van der Waals surface area (Å²) in [6, 6.07) is 6.52. The van der Waals surface area contributed by atoms with Crippen molar-refractivity contribution in [1.82, 2.24) is 20.1 Å². The first-order chi connectivity index (χ1) is 12.8. The lowest BCUT2D eigenvalue weighted by Gasteiger charge is -2.43. The van der Waals surface area contributed by atoms with E-state index >= 15 is 0 Å². The monoisotopic (exact) mass is 358 g/mol. The Morgan fingerprint density at radius 3 is 2.85 bits per heavy atom. The second-order valence-corrected chi connectivity index (χ2v) is 7.95. The average Bonchev–Trinajstić information content (AvgIpc) is 3.15. The SMILES string of the molecule is OCC[C@H]1CN(Cc2cccc3nonc23)CCN1CC1CCCCC1. The van der Waals surface area contributed by atoms with E-state index in [1.165, 1.54) is 44.2 Å². The minimum atomic E-state index is 0.266. The minimum Gasteiger partial charge on any atom is -0.396 e. The van der Waals surface area contributed by atoms with E-state index in [1.807, 2.05) is 12.1 Å². The highest BCUT2D eigenvalue weighted by Crippen LogP contribution is 2.27. The van der Waals surface area contributed by atoms with E-state index in [9.17, 15) is 5.11 Å². The van der Waals surface area contributed by atoms with Crippen LogP contribution in [0.25, 0.3) is 11.0 Å². The molecule has 0 radical (unpaired) electrons. The fourth-order valence-electron chi connectivity index (χ4n) is 4.70. The molecule has 142 valence electrons. The summed E-state index contributed by atoms with van der Waals surface area (Å²) in [5.74, 6) is 0.853. The van der Waals surface area contributed by atoms with Gasteiger partial charge in [-0.25, -0.2) is 4.63 Å². The van der Waals surface area contributed by atoms with Crippen LogP contribution in [0.5, 0.6) is 0 Å². The molecule has 2 fully saturated rings. The van der Waals surface area contributed by atoms with Gasteiger partial charge >= 0.3 is 0 Å². The maximum absolute atomic E-state index is 9.56. The number of fused-ring (bicyclic) bond motifs is 1. The minimum absolute atomic E-state index is 0.266. The number of piperazine rings is 1. The molecule has 1 aliphatic carbocycles.